The second-order valence-electron chi connectivity index (χ2n) is 8.44. The summed E-state index contributed by atoms with van der Waals surface area (Å²) in [7, 11) is 1.44. The highest BCUT2D eigenvalue weighted by molar-refractivity contribution is 8.00. The lowest BCUT2D eigenvalue weighted by atomic mass is 10.1. The first-order valence-electron chi connectivity index (χ1n) is 12.1. The summed E-state index contributed by atoms with van der Waals surface area (Å²) >= 11 is 1.33. The monoisotopic (exact) mass is 545 g/mol. The number of ether oxygens (including phenoxy) is 2. The number of Topliss-reactive ketones (excluding diaryl/α,β-unsaturated/α-hetero) is 1. The van der Waals surface area contributed by atoms with Crippen molar-refractivity contribution in [3.63, 3.8) is 0 Å². The van der Waals surface area contributed by atoms with E-state index in [1.807, 2.05) is 0 Å². The molecule has 0 bridgehead atoms. The Morgan fingerprint density at radius 3 is 2.46 bits per heavy atom. The molecule has 4 N–H and O–H groups in total. The summed E-state index contributed by atoms with van der Waals surface area (Å²) in [5.74, 6) is -1.90. The molecule has 0 aromatic carbocycles. The minimum absolute atomic E-state index is 0.0208. The largest absolute Gasteiger partial charge is 0.377 e. The highest BCUT2D eigenvalue weighted by Gasteiger charge is 2.37. The molecule has 0 saturated carbocycles. The van der Waals surface area contributed by atoms with Crippen LogP contribution in [0.3, 0.4) is 0 Å². The second kappa shape index (κ2) is 17.8. The van der Waals surface area contributed by atoms with Gasteiger partial charge in [0.2, 0.25) is 29.5 Å². The summed E-state index contributed by atoms with van der Waals surface area (Å²) in [5, 5.41) is 4.95. The van der Waals surface area contributed by atoms with E-state index in [4.69, 9.17) is 15.2 Å². The molecule has 1 saturated heterocycles. The van der Waals surface area contributed by atoms with E-state index in [0.717, 1.165) is 4.90 Å². The van der Waals surface area contributed by atoms with E-state index >= 15 is 0 Å². The van der Waals surface area contributed by atoms with Crippen LogP contribution in [0, 0.1) is 0 Å². The van der Waals surface area contributed by atoms with Gasteiger partial charge in [-0.25, -0.2) is 0 Å². The quantitative estimate of drug-likeness (QED) is 0.125. The van der Waals surface area contributed by atoms with Crippen molar-refractivity contribution in [2.75, 3.05) is 65.9 Å². The molecule has 14 heteroatoms. The van der Waals surface area contributed by atoms with Crippen molar-refractivity contribution in [1.82, 2.24) is 20.4 Å². The van der Waals surface area contributed by atoms with Crippen LogP contribution in [-0.2, 0) is 38.2 Å². The van der Waals surface area contributed by atoms with Gasteiger partial charge in [-0.15, -0.1) is 0 Å². The summed E-state index contributed by atoms with van der Waals surface area (Å²) in [6, 6.07) is -0.931. The highest BCUT2D eigenvalue weighted by atomic mass is 32.2. The Bertz CT molecular complexity index is 812. The molecule has 2 unspecified atom stereocenters. The van der Waals surface area contributed by atoms with Gasteiger partial charge in [0.25, 0.3) is 0 Å². The lowest BCUT2D eigenvalue weighted by molar-refractivity contribution is -0.144. The Kier molecular flexibility index (Phi) is 15.6. The number of hydrogen-bond donors (Lipinski definition) is 3. The van der Waals surface area contributed by atoms with Crippen molar-refractivity contribution in [2.45, 2.75) is 43.9 Å². The first-order valence-corrected chi connectivity index (χ1v) is 13.4. The van der Waals surface area contributed by atoms with E-state index in [1.165, 1.54) is 30.6 Å². The molecule has 5 amide bonds. The van der Waals surface area contributed by atoms with Crippen LogP contribution >= 0.6 is 11.8 Å². The Labute approximate surface area is 221 Å². The molecular formula is C23H39N5O8S. The van der Waals surface area contributed by atoms with Crippen molar-refractivity contribution in [3.8, 4) is 0 Å². The van der Waals surface area contributed by atoms with Crippen molar-refractivity contribution < 1.29 is 38.2 Å². The van der Waals surface area contributed by atoms with Crippen LogP contribution in [-0.4, -0.2) is 122 Å². The Hall–Kier alpha value is -2.55. The second-order valence-corrected chi connectivity index (χ2v) is 9.48. The van der Waals surface area contributed by atoms with Crippen molar-refractivity contribution >= 4 is 47.1 Å². The van der Waals surface area contributed by atoms with Crippen LogP contribution < -0.4 is 16.4 Å². The van der Waals surface area contributed by atoms with Gasteiger partial charge in [-0.2, -0.15) is 11.8 Å². The normalized spacial score (nSPS) is 16.0. The van der Waals surface area contributed by atoms with Crippen LogP contribution in [0.15, 0.2) is 0 Å². The number of nitrogens with one attached hydrogen (secondary N) is 2. The van der Waals surface area contributed by atoms with E-state index in [0.29, 0.717) is 19.5 Å². The van der Waals surface area contributed by atoms with Gasteiger partial charge in [-0.1, -0.05) is 0 Å². The molecule has 0 aliphatic carbocycles. The minimum atomic E-state index is -0.931. The summed E-state index contributed by atoms with van der Waals surface area (Å²) in [5.41, 5.74) is 5.41. The van der Waals surface area contributed by atoms with Gasteiger partial charge >= 0.3 is 0 Å². The zero-order valence-electron chi connectivity index (χ0n) is 21.8. The molecular weight excluding hydrogens is 506 g/mol. The lowest BCUT2D eigenvalue weighted by Gasteiger charge is -2.26. The van der Waals surface area contributed by atoms with Crippen LogP contribution in [0.4, 0.5) is 0 Å². The molecule has 0 aromatic rings. The fourth-order valence-corrected chi connectivity index (χ4v) is 4.04. The number of hydrogen-bond acceptors (Lipinski definition) is 10. The fourth-order valence-electron chi connectivity index (χ4n) is 3.40. The molecule has 210 valence electrons. The Morgan fingerprint density at radius 2 is 1.84 bits per heavy atom. The number of carbonyl (C=O) groups is 6. The summed E-state index contributed by atoms with van der Waals surface area (Å²) in [6.07, 6.45) is 2.44. The number of likely N-dealkylation sites (N-methyl/N-ethyl adjacent to an activating group) is 1. The van der Waals surface area contributed by atoms with E-state index in [1.54, 1.807) is 6.26 Å². The molecule has 1 aliphatic rings. The number of rotatable bonds is 19. The topological polar surface area (TPSA) is 177 Å². The number of nitrogens with zero attached hydrogens (tertiary/aromatic N) is 2. The summed E-state index contributed by atoms with van der Waals surface area (Å²) in [6.45, 7) is 2.63. The van der Waals surface area contributed by atoms with E-state index < -0.39 is 17.9 Å². The average molecular weight is 546 g/mol. The van der Waals surface area contributed by atoms with Gasteiger partial charge in [0.05, 0.1) is 25.1 Å². The van der Waals surface area contributed by atoms with Crippen molar-refractivity contribution in [2.24, 2.45) is 5.73 Å². The van der Waals surface area contributed by atoms with Crippen LogP contribution in [0.25, 0.3) is 0 Å². The summed E-state index contributed by atoms with van der Waals surface area (Å²) in [4.78, 5) is 74.5. The molecule has 37 heavy (non-hydrogen) atoms. The molecule has 0 spiro atoms. The van der Waals surface area contributed by atoms with Crippen LogP contribution in [0.1, 0.15) is 32.6 Å². The molecule has 0 radical (unpaired) electrons. The molecule has 2 atom stereocenters. The Morgan fingerprint density at radius 1 is 1.14 bits per heavy atom. The van der Waals surface area contributed by atoms with Crippen LogP contribution in [0.2, 0.25) is 0 Å². The molecule has 1 fully saturated rings. The van der Waals surface area contributed by atoms with Gasteiger partial charge in [0.1, 0.15) is 18.4 Å². The number of carbonyl (C=O) groups excluding carboxylic acids is 6. The molecule has 1 heterocycles. The SMILES string of the molecule is CSC1CC(=O)N(CCC(=O)NCCOCCOCC(=O)N(C)C(CC(C)=O)C(=O)NCCCN)C1=O. The first-order chi connectivity index (χ1) is 17.6. The maximum Gasteiger partial charge on any atom is 0.249 e. The van der Waals surface area contributed by atoms with Crippen molar-refractivity contribution in [1.29, 1.82) is 0 Å². The number of ketones is 1. The molecule has 13 nitrogen and oxygen atoms in total. The maximum absolute atomic E-state index is 12.4. The number of nitrogens with two attached hydrogens (primary N) is 1. The highest BCUT2D eigenvalue weighted by Crippen LogP contribution is 2.22. The van der Waals surface area contributed by atoms with Gasteiger partial charge in [0, 0.05) is 45.9 Å². The lowest BCUT2D eigenvalue weighted by Crippen LogP contribution is -2.49. The maximum atomic E-state index is 12.4. The van der Waals surface area contributed by atoms with Gasteiger partial charge in [0.15, 0.2) is 0 Å². The smallest absolute Gasteiger partial charge is 0.249 e. The fraction of sp³-hybridized carbons (Fsp3) is 0.739. The molecule has 1 aliphatic heterocycles. The third kappa shape index (κ3) is 12.0. The zero-order chi connectivity index (χ0) is 27.8. The summed E-state index contributed by atoms with van der Waals surface area (Å²) < 4.78 is 10.7. The number of thioether (sulfide) groups is 1. The third-order valence-electron chi connectivity index (χ3n) is 5.54. The molecule has 0 aromatic heterocycles. The predicted octanol–water partition coefficient (Wildman–Crippen LogP) is -1.71. The van der Waals surface area contributed by atoms with Gasteiger partial charge in [-0.3, -0.25) is 33.7 Å². The van der Waals surface area contributed by atoms with Gasteiger partial charge < -0.3 is 30.7 Å². The zero-order valence-corrected chi connectivity index (χ0v) is 22.6. The van der Waals surface area contributed by atoms with Crippen molar-refractivity contribution in [3.05, 3.63) is 0 Å². The number of amides is 5. The van der Waals surface area contributed by atoms with Crippen LogP contribution in [0.5, 0.6) is 0 Å². The number of likely N-dealkylation sites (tertiary alicyclic amines) is 1. The van der Waals surface area contributed by atoms with E-state index in [9.17, 15) is 28.8 Å². The third-order valence-corrected chi connectivity index (χ3v) is 6.48. The Balaban J connectivity index is 2.20. The van der Waals surface area contributed by atoms with E-state index in [-0.39, 0.29) is 87.5 Å². The average Bonchev–Trinajstić information content (AvgIpc) is 3.14. The standard InChI is InChI=1S/C23H39N5O8S/c1-16(29)13-17(22(33)26-7-4-6-24)27(2)21(32)15-36-12-11-35-10-8-25-19(30)5-9-28-20(31)14-18(37-3)23(28)34/h17-18H,4-15,24H2,1-3H3,(H,25,30)(H,26,33). The minimum Gasteiger partial charge on any atom is -0.377 e. The number of imide groups is 1. The molecule has 1 rings (SSSR count). The predicted molar refractivity (Wildman–Crippen MR) is 136 cm³/mol. The van der Waals surface area contributed by atoms with Gasteiger partial charge in [-0.05, 0) is 26.1 Å². The first kappa shape index (κ1) is 32.5. The van der Waals surface area contributed by atoms with E-state index in [2.05, 4.69) is 10.6 Å².